The summed E-state index contributed by atoms with van der Waals surface area (Å²) >= 11 is 0. The summed E-state index contributed by atoms with van der Waals surface area (Å²) in [5.74, 6) is 1.06. The summed E-state index contributed by atoms with van der Waals surface area (Å²) in [6.07, 6.45) is -3.70. The summed E-state index contributed by atoms with van der Waals surface area (Å²) in [5.41, 5.74) is 1.05. The van der Waals surface area contributed by atoms with Crippen LogP contribution >= 0.6 is 0 Å². The van der Waals surface area contributed by atoms with Gasteiger partial charge in [-0.25, -0.2) is 9.97 Å². The van der Waals surface area contributed by atoms with Gasteiger partial charge >= 0.3 is 6.18 Å². The zero-order valence-corrected chi connectivity index (χ0v) is 20.8. The van der Waals surface area contributed by atoms with Crippen molar-refractivity contribution in [3.63, 3.8) is 0 Å². The van der Waals surface area contributed by atoms with Gasteiger partial charge < -0.3 is 19.5 Å². The van der Waals surface area contributed by atoms with E-state index < -0.39 is 24.0 Å². The smallest absolute Gasteiger partial charge is 0.372 e. The van der Waals surface area contributed by atoms with E-state index >= 15 is 0 Å². The third-order valence-corrected chi connectivity index (χ3v) is 6.76. The number of amides is 1. The first-order chi connectivity index (χ1) is 16.9. The number of hydrogen-bond donors (Lipinski definition) is 1. The van der Waals surface area contributed by atoms with E-state index in [0.717, 1.165) is 11.6 Å². The second kappa shape index (κ2) is 9.53. The maximum atomic E-state index is 13.4. The Kier molecular flexibility index (Phi) is 6.78. The zero-order chi connectivity index (χ0) is 26.4. The molecule has 1 aliphatic rings. The monoisotopic (exact) mass is 502 g/mol. The van der Waals surface area contributed by atoms with Gasteiger partial charge in [0.05, 0.1) is 29.9 Å². The normalized spacial score (nSPS) is 18.1. The third-order valence-electron chi connectivity index (χ3n) is 6.76. The number of pyridine rings is 1. The van der Waals surface area contributed by atoms with E-state index in [1.54, 1.807) is 35.1 Å². The summed E-state index contributed by atoms with van der Waals surface area (Å²) in [6.45, 7) is 7.49. The van der Waals surface area contributed by atoms with Gasteiger partial charge in [0.1, 0.15) is 17.9 Å². The number of nitrogens with zero attached hydrogens (tertiary/aromatic N) is 6. The SMILES string of the molecule is CC(=O)N1CCN(c2cc3/c(=N/[C@H](C)c4cccc(C(F)(F)F)c4C)nc(C)n(C)c3cn2)C(O)C1. The van der Waals surface area contributed by atoms with Crippen LogP contribution in [-0.4, -0.2) is 56.3 Å². The number of aliphatic hydroxyl groups is 1. The lowest BCUT2D eigenvalue weighted by Crippen LogP contribution is -2.54. The quantitative estimate of drug-likeness (QED) is 0.594. The van der Waals surface area contributed by atoms with E-state index in [1.807, 2.05) is 18.5 Å². The van der Waals surface area contributed by atoms with Crippen LogP contribution in [0.5, 0.6) is 0 Å². The maximum absolute atomic E-state index is 13.4. The molecule has 1 N–H and O–H groups in total. The Morgan fingerprint density at radius 2 is 1.97 bits per heavy atom. The van der Waals surface area contributed by atoms with Crippen molar-refractivity contribution in [1.82, 2.24) is 19.4 Å². The van der Waals surface area contributed by atoms with Crippen LogP contribution in [0.15, 0.2) is 35.5 Å². The molecule has 36 heavy (non-hydrogen) atoms. The molecule has 0 aliphatic carbocycles. The fourth-order valence-corrected chi connectivity index (χ4v) is 4.59. The molecule has 1 amide bonds. The predicted octanol–water partition coefficient (Wildman–Crippen LogP) is 3.25. The number of alkyl halides is 3. The standard InChI is InChI=1S/C25H29F3N6O2/c1-14-18(7-6-8-20(14)25(26,27)28)15(2)30-24-19-11-22(29-12-21(19)32(5)16(3)31-24)34-10-9-33(17(4)35)13-23(34)36/h6-8,11-12,15,23,36H,9-10,13H2,1-5H3/b30-24-/t15-,23?/m1/s1. The van der Waals surface area contributed by atoms with Gasteiger partial charge in [0.25, 0.3) is 0 Å². The minimum atomic E-state index is -4.45. The molecule has 1 fully saturated rings. The largest absolute Gasteiger partial charge is 0.416 e. The Hall–Kier alpha value is -3.47. The van der Waals surface area contributed by atoms with E-state index in [4.69, 9.17) is 4.99 Å². The molecule has 0 bridgehead atoms. The highest BCUT2D eigenvalue weighted by molar-refractivity contribution is 5.80. The summed E-state index contributed by atoms with van der Waals surface area (Å²) in [7, 11) is 1.84. The Labute approximate surface area is 206 Å². The molecule has 3 aromatic rings. The molecule has 0 saturated carbocycles. The van der Waals surface area contributed by atoms with E-state index in [2.05, 4.69) is 9.97 Å². The summed E-state index contributed by atoms with van der Waals surface area (Å²) < 4.78 is 42.2. The summed E-state index contributed by atoms with van der Waals surface area (Å²) in [6, 6.07) is 5.30. The number of carbonyl (C=O) groups is 1. The van der Waals surface area contributed by atoms with Crippen LogP contribution in [0, 0.1) is 13.8 Å². The minimum absolute atomic E-state index is 0.105. The van der Waals surface area contributed by atoms with Gasteiger partial charge in [-0.3, -0.25) is 9.79 Å². The average Bonchev–Trinajstić information content (AvgIpc) is 2.81. The number of anilines is 1. The first-order valence-corrected chi connectivity index (χ1v) is 11.6. The van der Waals surface area contributed by atoms with Crippen molar-refractivity contribution in [2.45, 2.75) is 46.1 Å². The first kappa shape index (κ1) is 25.6. The molecule has 192 valence electrons. The highest BCUT2D eigenvalue weighted by Gasteiger charge is 2.33. The zero-order valence-electron chi connectivity index (χ0n) is 20.8. The average molecular weight is 503 g/mol. The van der Waals surface area contributed by atoms with E-state index in [9.17, 15) is 23.1 Å². The van der Waals surface area contributed by atoms with Gasteiger partial charge in [-0.2, -0.15) is 13.2 Å². The van der Waals surface area contributed by atoms with Crippen molar-refractivity contribution in [2.75, 3.05) is 24.5 Å². The fraction of sp³-hybridized carbons (Fsp3) is 0.440. The van der Waals surface area contributed by atoms with Crippen LogP contribution in [0.1, 0.15) is 42.4 Å². The second-order valence-electron chi connectivity index (χ2n) is 9.06. The molecular weight excluding hydrogens is 473 g/mol. The molecule has 11 heteroatoms. The van der Waals surface area contributed by atoms with Gasteiger partial charge in [0.2, 0.25) is 5.91 Å². The topological polar surface area (TPSA) is 86.9 Å². The van der Waals surface area contributed by atoms with E-state index in [-0.39, 0.29) is 18.0 Å². The molecule has 8 nitrogen and oxygen atoms in total. The molecule has 2 aromatic heterocycles. The summed E-state index contributed by atoms with van der Waals surface area (Å²) in [4.78, 5) is 28.9. The third kappa shape index (κ3) is 4.79. The van der Waals surface area contributed by atoms with Gasteiger partial charge in [-0.1, -0.05) is 12.1 Å². The molecule has 0 spiro atoms. The highest BCUT2D eigenvalue weighted by atomic mass is 19.4. The van der Waals surface area contributed by atoms with E-state index in [0.29, 0.717) is 41.2 Å². The molecular formula is C25H29F3N6O2. The number of aromatic nitrogens is 3. The summed E-state index contributed by atoms with van der Waals surface area (Å²) in [5, 5.41) is 11.3. The molecule has 1 saturated heterocycles. The van der Waals surface area contributed by atoms with Crippen LogP contribution in [0.2, 0.25) is 0 Å². The van der Waals surface area contributed by atoms with Crippen molar-refractivity contribution in [3.05, 3.63) is 58.5 Å². The van der Waals surface area contributed by atoms with E-state index in [1.165, 1.54) is 19.9 Å². The Morgan fingerprint density at radius 1 is 1.25 bits per heavy atom. The van der Waals surface area contributed by atoms with Crippen molar-refractivity contribution in [3.8, 4) is 0 Å². The highest BCUT2D eigenvalue weighted by Crippen LogP contribution is 2.35. The Morgan fingerprint density at radius 3 is 2.61 bits per heavy atom. The number of hydrogen-bond acceptors (Lipinski definition) is 6. The maximum Gasteiger partial charge on any atom is 0.416 e. The van der Waals surface area contributed by atoms with Gasteiger partial charge in [-0.15, -0.1) is 0 Å². The number of aliphatic hydroxyl groups excluding tert-OH is 1. The van der Waals surface area contributed by atoms with Crippen LogP contribution in [-0.2, 0) is 18.0 Å². The Balaban J connectivity index is 1.81. The van der Waals surface area contributed by atoms with Crippen LogP contribution in [0.4, 0.5) is 19.0 Å². The van der Waals surface area contributed by atoms with Crippen LogP contribution < -0.4 is 10.4 Å². The number of β-amino-alcohol motifs (C(OH)–C–C–N with tert-alkyl or cyclic N) is 1. The molecule has 1 aliphatic heterocycles. The predicted molar refractivity (Wildman–Crippen MR) is 129 cm³/mol. The Bertz CT molecular complexity index is 1380. The molecule has 0 radical (unpaired) electrons. The molecule has 2 atom stereocenters. The van der Waals surface area contributed by atoms with Crippen molar-refractivity contribution >= 4 is 22.6 Å². The number of halogens is 3. The first-order valence-electron chi connectivity index (χ1n) is 11.6. The number of rotatable bonds is 3. The number of carbonyl (C=O) groups excluding carboxylic acids is 1. The van der Waals surface area contributed by atoms with Gasteiger partial charge in [-0.05, 0) is 44.0 Å². The van der Waals surface area contributed by atoms with Crippen LogP contribution in [0.3, 0.4) is 0 Å². The second-order valence-corrected chi connectivity index (χ2v) is 9.06. The molecule has 3 heterocycles. The lowest BCUT2D eigenvalue weighted by atomic mass is 9.97. The number of fused-ring (bicyclic) bond motifs is 1. The minimum Gasteiger partial charge on any atom is -0.372 e. The molecule has 1 aromatic carbocycles. The van der Waals surface area contributed by atoms with Gasteiger partial charge in [0, 0.05) is 32.4 Å². The molecule has 4 rings (SSSR count). The lowest BCUT2D eigenvalue weighted by molar-refractivity contribution is -0.138. The number of aryl methyl sites for hydroxylation is 2. The number of benzene rings is 1. The van der Waals surface area contributed by atoms with Crippen LogP contribution in [0.25, 0.3) is 10.9 Å². The lowest BCUT2D eigenvalue weighted by Gasteiger charge is -2.39. The molecule has 1 unspecified atom stereocenters. The van der Waals surface area contributed by atoms with Crippen molar-refractivity contribution in [1.29, 1.82) is 0 Å². The van der Waals surface area contributed by atoms with Crippen molar-refractivity contribution < 1.29 is 23.1 Å². The van der Waals surface area contributed by atoms with Crippen molar-refractivity contribution in [2.24, 2.45) is 12.0 Å². The van der Waals surface area contributed by atoms with Gasteiger partial charge in [0.15, 0.2) is 5.49 Å². The fourth-order valence-electron chi connectivity index (χ4n) is 4.59. The number of piperazine rings is 1.